The number of rotatable bonds is 17. The molecule has 0 bridgehead atoms. The number of aryl methyl sites for hydroxylation is 4. The Hall–Kier alpha value is -2.30. The summed E-state index contributed by atoms with van der Waals surface area (Å²) in [5.74, 6) is 0.641. The molecular weight excluding hydrogens is 921 g/mol. The number of benzene rings is 4. The minimum atomic E-state index is -2.29. The third-order valence-electron chi connectivity index (χ3n) is 17.6. The summed E-state index contributed by atoms with van der Waals surface area (Å²) in [6.45, 7) is 36.6. The normalized spacial score (nSPS) is 20.9. The number of hydrogen-bond acceptors (Lipinski definition) is 0. The molecule has 4 heteroatoms. The van der Waals surface area contributed by atoms with Crippen molar-refractivity contribution in [3.8, 4) is 0 Å². The fraction of sp³-hybridized carbons (Fsp3) is 0.500. The molecule has 0 amide bonds. The summed E-state index contributed by atoms with van der Waals surface area (Å²) in [5.41, 5.74) is 15.7. The van der Waals surface area contributed by atoms with Crippen molar-refractivity contribution in [2.75, 3.05) is 0 Å². The van der Waals surface area contributed by atoms with Crippen LogP contribution in [0.1, 0.15) is 139 Å². The van der Waals surface area contributed by atoms with E-state index in [0.29, 0.717) is 5.92 Å². The van der Waals surface area contributed by atoms with Gasteiger partial charge in [0.05, 0.1) is 0 Å². The average molecular weight is 1020 g/mol. The second kappa shape index (κ2) is 22.2. The Morgan fingerprint density at radius 1 is 0.441 bits per heavy atom. The fourth-order valence-corrected chi connectivity index (χ4v) is 41.9. The van der Waals surface area contributed by atoms with Gasteiger partial charge in [-0.2, -0.15) is 0 Å². The van der Waals surface area contributed by atoms with Crippen LogP contribution in [0.25, 0.3) is 0 Å². The Labute approximate surface area is 428 Å². The van der Waals surface area contributed by atoms with Gasteiger partial charge in [-0.25, -0.2) is 0 Å². The van der Waals surface area contributed by atoms with Crippen LogP contribution < -0.4 is 20.7 Å². The van der Waals surface area contributed by atoms with E-state index in [-0.39, 0.29) is 10.1 Å². The van der Waals surface area contributed by atoms with Gasteiger partial charge < -0.3 is 0 Å². The van der Waals surface area contributed by atoms with Crippen LogP contribution in [-0.4, -0.2) is 16.1 Å². The van der Waals surface area contributed by atoms with Gasteiger partial charge in [0.25, 0.3) is 0 Å². The van der Waals surface area contributed by atoms with Gasteiger partial charge in [0.15, 0.2) is 0 Å². The predicted octanol–water partition coefficient (Wildman–Crippen LogP) is 17.6. The van der Waals surface area contributed by atoms with Crippen molar-refractivity contribution in [3.05, 3.63) is 161 Å². The Kier molecular flexibility index (Phi) is 18.5. The maximum atomic E-state index is 2.69. The predicted molar refractivity (Wildman–Crippen MR) is 307 cm³/mol. The van der Waals surface area contributed by atoms with Crippen molar-refractivity contribution in [3.63, 3.8) is 0 Å². The number of unbranched alkanes of at least 4 members (excludes halogenated alkanes) is 1. The van der Waals surface area contributed by atoms with E-state index in [0.717, 1.165) is 25.7 Å². The zero-order valence-electron chi connectivity index (χ0n) is 47.5. The summed E-state index contributed by atoms with van der Waals surface area (Å²) < 4.78 is 3.73. The number of allylic oxidation sites excluding steroid dienone is 8. The third-order valence-corrected chi connectivity index (χ3v) is 38.2. The van der Waals surface area contributed by atoms with Crippen LogP contribution in [0.4, 0.5) is 0 Å². The molecule has 0 aromatic heterocycles. The van der Waals surface area contributed by atoms with E-state index in [9.17, 15) is 0 Å². The summed E-state index contributed by atoms with van der Waals surface area (Å²) in [5, 5.41) is 22.6. The molecule has 0 aliphatic heterocycles. The average Bonchev–Trinajstić information content (AvgIpc) is 3.61. The van der Waals surface area contributed by atoms with E-state index >= 15 is 0 Å². The van der Waals surface area contributed by atoms with Crippen molar-refractivity contribution in [1.82, 2.24) is 0 Å². The van der Waals surface area contributed by atoms with Crippen LogP contribution in [0.5, 0.6) is 0 Å². The molecule has 368 valence electrons. The molecule has 6 rings (SSSR count). The van der Waals surface area contributed by atoms with E-state index in [4.69, 9.17) is 0 Å². The first-order chi connectivity index (χ1) is 31.8. The molecule has 4 atom stereocenters. The van der Waals surface area contributed by atoms with Crippen LogP contribution in [0.3, 0.4) is 0 Å². The molecule has 0 saturated carbocycles. The van der Waals surface area contributed by atoms with Crippen molar-refractivity contribution in [2.45, 2.75) is 196 Å². The summed E-state index contributed by atoms with van der Waals surface area (Å²) in [4.78, 5) is 0. The van der Waals surface area contributed by atoms with Crippen LogP contribution in [0.15, 0.2) is 138 Å². The van der Waals surface area contributed by atoms with Gasteiger partial charge in [0.2, 0.25) is 0 Å². The van der Waals surface area contributed by atoms with Gasteiger partial charge in [0.1, 0.15) is 0 Å². The molecule has 2 aliphatic rings. The van der Waals surface area contributed by atoms with Crippen molar-refractivity contribution in [2.24, 2.45) is 5.92 Å². The van der Waals surface area contributed by atoms with E-state index in [1.54, 1.807) is 54.2 Å². The van der Waals surface area contributed by atoms with Crippen LogP contribution >= 0.6 is 0 Å². The first kappa shape index (κ1) is 56.6. The standard InChI is InChI=1S/2C29H39Si.6CH3.2Ti/c1-9-25-16-26(10-2)18-28(17-25)30(20-21(3)4,27-14-12-11-13-15-27)29(8)19-22(5)23(6)24(29)7;1-8-11-17-30(27-15-13-12-14-16-27,29(7)21-22(4)23(5)24(29)6)28-19-25(9-2)18-26(10-3)20-28;;;;;;;;/h11-18,21H,9-10,20H2,1-8H3;12-16,18-20H,8-11,17H2,1-7H3;6*1H3;;. The fourth-order valence-electron chi connectivity index (χ4n) is 14.3. The first-order valence-electron chi connectivity index (χ1n) is 27.0. The van der Waals surface area contributed by atoms with Crippen molar-refractivity contribution in [1.29, 1.82) is 0 Å². The SMILES string of the molecule is CCCC[Si](c1ccccc1)(c1cc(CC)cc(CC)c1)C1(C)C(C)=C(C)C(C)=[C]1[Ti]([CH3])([CH3])[CH3].CCc1cc(CC)cc([Si](CC(C)C)(c2ccccc2)C2(C)C(C)=C(C)C(C)=[C]2[Ti]([CH3])([CH3])[CH3])c1. The Morgan fingerprint density at radius 3 is 1.07 bits per heavy atom. The molecule has 2 aliphatic carbocycles. The van der Waals surface area contributed by atoms with Crippen LogP contribution in [0, 0.1) is 5.92 Å². The van der Waals surface area contributed by atoms with E-state index in [1.165, 1.54) is 47.2 Å². The third kappa shape index (κ3) is 10.1. The van der Waals surface area contributed by atoms with Gasteiger partial charge in [-0.15, -0.1) is 0 Å². The minimum absolute atomic E-state index is 0.114. The van der Waals surface area contributed by atoms with Crippen molar-refractivity contribution < 1.29 is 33.2 Å². The Balaban J connectivity index is 0.000000254. The van der Waals surface area contributed by atoms with Crippen molar-refractivity contribution >= 4 is 36.9 Å². The summed E-state index contributed by atoms with van der Waals surface area (Å²) in [6, 6.07) is 41.5. The molecule has 0 fully saturated rings. The van der Waals surface area contributed by atoms with Crippen LogP contribution in [0.2, 0.25) is 53.5 Å². The molecule has 0 nitrogen and oxygen atoms in total. The Morgan fingerprint density at radius 2 is 0.765 bits per heavy atom. The van der Waals surface area contributed by atoms with Gasteiger partial charge in [-0.3, -0.25) is 0 Å². The molecule has 4 aromatic rings. The first-order valence-corrected chi connectivity index (χ1v) is 42.4. The second-order valence-electron chi connectivity index (χ2n) is 24.0. The molecule has 4 aromatic carbocycles. The monoisotopic (exact) mass is 1020 g/mol. The van der Waals surface area contributed by atoms with Crippen LogP contribution in [-0.2, 0) is 58.9 Å². The molecule has 68 heavy (non-hydrogen) atoms. The van der Waals surface area contributed by atoms with Gasteiger partial charge in [-0.05, 0) is 0 Å². The summed E-state index contributed by atoms with van der Waals surface area (Å²) >= 11 is -4.39. The maximum absolute atomic E-state index is 2.69. The van der Waals surface area contributed by atoms with E-state index in [2.05, 4.69) is 232 Å². The molecule has 0 saturated heterocycles. The molecular formula is C64H96Si2Ti2. The molecule has 0 radical (unpaired) electrons. The summed E-state index contributed by atoms with van der Waals surface area (Å²) in [6.07, 6.45) is 6.97. The molecule has 0 N–H and O–H groups in total. The topological polar surface area (TPSA) is 0 Å². The zero-order chi connectivity index (χ0) is 50.8. The van der Waals surface area contributed by atoms with Gasteiger partial charge in [0, 0.05) is 0 Å². The molecule has 4 unspecified atom stereocenters. The summed E-state index contributed by atoms with van der Waals surface area (Å²) in [7, 11) is -4.53. The molecule has 0 spiro atoms. The second-order valence-corrected chi connectivity index (χ2v) is 48.4. The van der Waals surface area contributed by atoms with E-state index in [1.807, 2.05) is 7.76 Å². The van der Waals surface area contributed by atoms with E-state index < -0.39 is 49.3 Å². The number of hydrogen-bond donors (Lipinski definition) is 0. The molecule has 0 heterocycles. The quantitative estimate of drug-likeness (QED) is 0.0925. The van der Waals surface area contributed by atoms with Gasteiger partial charge >= 0.3 is 432 Å². The van der Waals surface area contributed by atoms with Gasteiger partial charge in [-0.1, -0.05) is 0 Å². The zero-order valence-corrected chi connectivity index (χ0v) is 52.6. The Bertz CT molecular complexity index is 2500.